The van der Waals surface area contributed by atoms with Gasteiger partial charge in [-0.15, -0.1) is 0 Å². The molecule has 1 heterocycles. The molecule has 0 saturated carbocycles. The lowest BCUT2D eigenvalue weighted by atomic mass is 10.1. The summed E-state index contributed by atoms with van der Waals surface area (Å²) >= 11 is 0. The number of aromatic amines is 1. The quantitative estimate of drug-likeness (QED) is 0.697. The van der Waals surface area contributed by atoms with Gasteiger partial charge in [-0.25, -0.2) is 0 Å². The van der Waals surface area contributed by atoms with Gasteiger partial charge in [-0.05, 0) is 12.8 Å². The maximum Gasteiger partial charge on any atom is 0.124 e. The van der Waals surface area contributed by atoms with Crippen LogP contribution in [0.1, 0.15) is 32.3 Å². The minimum atomic E-state index is 0.530. The van der Waals surface area contributed by atoms with E-state index in [0.29, 0.717) is 5.92 Å². The number of hydrogen-bond acceptors (Lipinski definition) is 2. The summed E-state index contributed by atoms with van der Waals surface area (Å²) in [6.07, 6.45) is 1.88. The van der Waals surface area contributed by atoms with E-state index in [2.05, 4.69) is 36.3 Å². The van der Waals surface area contributed by atoms with E-state index in [1.54, 1.807) is 0 Å². The van der Waals surface area contributed by atoms with Gasteiger partial charge >= 0.3 is 0 Å². The molecule has 0 spiro atoms. The van der Waals surface area contributed by atoms with Crippen molar-refractivity contribution in [1.82, 2.24) is 10.2 Å². The summed E-state index contributed by atoms with van der Waals surface area (Å²) in [5.41, 5.74) is 1.26. The van der Waals surface area contributed by atoms with Crippen molar-refractivity contribution in [2.24, 2.45) is 0 Å². The molecule has 0 saturated heterocycles. The molecule has 0 unspecified atom stereocenters. The Morgan fingerprint density at radius 2 is 2.36 bits per heavy atom. The standard InChI is InChI=1S/C8H15N3/c1-4-9-8-7(6(2)3)5-10-11-8/h5-6H,4H2,1-3H3,(H2,9,10,11). The number of H-pyrrole nitrogens is 1. The van der Waals surface area contributed by atoms with E-state index in [9.17, 15) is 0 Å². The van der Waals surface area contributed by atoms with Crippen molar-refractivity contribution in [3.8, 4) is 0 Å². The molecule has 0 aliphatic carbocycles. The molecule has 0 fully saturated rings. The van der Waals surface area contributed by atoms with Crippen LogP contribution in [0.2, 0.25) is 0 Å². The summed E-state index contributed by atoms with van der Waals surface area (Å²) < 4.78 is 0. The van der Waals surface area contributed by atoms with Crippen LogP contribution in [0.15, 0.2) is 6.20 Å². The highest BCUT2D eigenvalue weighted by molar-refractivity contribution is 5.43. The highest BCUT2D eigenvalue weighted by Crippen LogP contribution is 2.20. The Bertz CT molecular complexity index is 215. The zero-order valence-corrected chi connectivity index (χ0v) is 7.31. The zero-order valence-electron chi connectivity index (χ0n) is 7.31. The average Bonchev–Trinajstić information content (AvgIpc) is 2.36. The molecule has 0 aliphatic heterocycles. The van der Waals surface area contributed by atoms with Crippen molar-refractivity contribution in [1.29, 1.82) is 0 Å². The van der Waals surface area contributed by atoms with Crippen LogP contribution >= 0.6 is 0 Å². The zero-order chi connectivity index (χ0) is 8.27. The van der Waals surface area contributed by atoms with Crippen LogP contribution in [0.5, 0.6) is 0 Å². The fourth-order valence-electron chi connectivity index (χ4n) is 1.05. The van der Waals surface area contributed by atoms with E-state index in [-0.39, 0.29) is 0 Å². The van der Waals surface area contributed by atoms with E-state index < -0.39 is 0 Å². The first-order valence-corrected chi connectivity index (χ1v) is 4.02. The molecule has 1 aromatic heterocycles. The van der Waals surface area contributed by atoms with Gasteiger partial charge in [-0.1, -0.05) is 13.8 Å². The number of aromatic nitrogens is 2. The number of hydrogen-bond donors (Lipinski definition) is 2. The van der Waals surface area contributed by atoms with Crippen molar-refractivity contribution < 1.29 is 0 Å². The second-order valence-corrected chi connectivity index (χ2v) is 2.89. The molecule has 1 rings (SSSR count). The van der Waals surface area contributed by atoms with E-state index >= 15 is 0 Å². The molecular formula is C8H15N3. The first-order chi connectivity index (χ1) is 5.25. The van der Waals surface area contributed by atoms with Crippen LogP contribution in [-0.2, 0) is 0 Å². The minimum absolute atomic E-state index is 0.530. The van der Waals surface area contributed by atoms with E-state index in [1.165, 1.54) is 5.56 Å². The van der Waals surface area contributed by atoms with Gasteiger partial charge in [0.15, 0.2) is 0 Å². The molecule has 0 radical (unpaired) electrons. The molecule has 11 heavy (non-hydrogen) atoms. The SMILES string of the molecule is CCNc1[nH]ncc1C(C)C. The van der Waals surface area contributed by atoms with Crippen molar-refractivity contribution in [2.45, 2.75) is 26.7 Å². The Morgan fingerprint density at radius 3 is 2.91 bits per heavy atom. The monoisotopic (exact) mass is 153 g/mol. The van der Waals surface area contributed by atoms with Gasteiger partial charge in [0.05, 0.1) is 6.20 Å². The number of nitrogens with zero attached hydrogens (tertiary/aromatic N) is 1. The summed E-state index contributed by atoms with van der Waals surface area (Å²) in [7, 11) is 0. The number of nitrogens with one attached hydrogen (secondary N) is 2. The van der Waals surface area contributed by atoms with E-state index in [4.69, 9.17) is 0 Å². The van der Waals surface area contributed by atoms with Crippen LogP contribution in [0, 0.1) is 0 Å². The highest BCUT2D eigenvalue weighted by atomic mass is 15.2. The maximum atomic E-state index is 3.97. The van der Waals surface area contributed by atoms with Crippen LogP contribution in [0.25, 0.3) is 0 Å². The average molecular weight is 153 g/mol. The summed E-state index contributed by atoms with van der Waals surface area (Å²) in [6.45, 7) is 7.32. The molecule has 1 aromatic rings. The predicted octanol–water partition coefficient (Wildman–Crippen LogP) is 1.96. The topological polar surface area (TPSA) is 40.7 Å². The molecule has 0 amide bonds. The molecule has 0 aliphatic rings. The van der Waals surface area contributed by atoms with Crippen molar-refractivity contribution in [2.75, 3.05) is 11.9 Å². The fourth-order valence-corrected chi connectivity index (χ4v) is 1.05. The summed E-state index contributed by atoms with van der Waals surface area (Å²) in [5.74, 6) is 1.59. The lowest BCUT2D eigenvalue weighted by molar-refractivity contribution is 0.867. The molecule has 62 valence electrons. The first kappa shape index (κ1) is 8.11. The number of anilines is 1. The van der Waals surface area contributed by atoms with Crippen LogP contribution in [0.3, 0.4) is 0 Å². The second-order valence-electron chi connectivity index (χ2n) is 2.89. The van der Waals surface area contributed by atoms with Gasteiger partial charge in [0.1, 0.15) is 5.82 Å². The Hall–Kier alpha value is -0.990. The van der Waals surface area contributed by atoms with Crippen molar-refractivity contribution >= 4 is 5.82 Å². The highest BCUT2D eigenvalue weighted by Gasteiger charge is 2.06. The van der Waals surface area contributed by atoms with E-state index in [1.807, 2.05) is 6.20 Å². The van der Waals surface area contributed by atoms with Crippen molar-refractivity contribution in [3.63, 3.8) is 0 Å². The normalized spacial score (nSPS) is 10.5. The van der Waals surface area contributed by atoms with Crippen LogP contribution in [0.4, 0.5) is 5.82 Å². The molecule has 3 nitrogen and oxygen atoms in total. The molecular weight excluding hydrogens is 138 g/mol. The fraction of sp³-hybridized carbons (Fsp3) is 0.625. The third-order valence-electron chi connectivity index (χ3n) is 1.64. The van der Waals surface area contributed by atoms with Gasteiger partial charge in [0.2, 0.25) is 0 Å². The Morgan fingerprint density at radius 1 is 1.64 bits per heavy atom. The van der Waals surface area contributed by atoms with Gasteiger partial charge in [0, 0.05) is 12.1 Å². The molecule has 2 N–H and O–H groups in total. The van der Waals surface area contributed by atoms with Crippen LogP contribution < -0.4 is 5.32 Å². The van der Waals surface area contributed by atoms with Gasteiger partial charge < -0.3 is 5.32 Å². The Balaban J connectivity index is 2.78. The van der Waals surface area contributed by atoms with Crippen molar-refractivity contribution in [3.05, 3.63) is 11.8 Å². The second kappa shape index (κ2) is 3.42. The van der Waals surface area contributed by atoms with Gasteiger partial charge in [0.25, 0.3) is 0 Å². The third-order valence-corrected chi connectivity index (χ3v) is 1.64. The smallest absolute Gasteiger partial charge is 0.124 e. The lowest BCUT2D eigenvalue weighted by Gasteiger charge is -2.05. The summed E-state index contributed by atoms with van der Waals surface area (Å²) in [4.78, 5) is 0. The predicted molar refractivity (Wildman–Crippen MR) is 46.8 cm³/mol. The minimum Gasteiger partial charge on any atom is -0.370 e. The lowest BCUT2D eigenvalue weighted by Crippen LogP contribution is -2.00. The Labute approximate surface area is 67.2 Å². The largest absolute Gasteiger partial charge is 0.370 e. The van der Waals surface area contributed by atoms with Crippen LogP contribution in [-0.4, -0.2) is 16.7 Å². The molecule has 0 atom stereocenters. The molecule has 3 heteroatoms. The molecule has 0 bridgehead atoms. The van der Waals surface area contributed by atoms with E-state index in [0.717, 1.165) is 12.4 Å². The Kier molecular flexibility index (Phi) is 2.52. The number of rotatable bonds is 3. The summed E-state index contributed by atoms with van der Waals surface area (Å²) in [5, 5.41) is 10.1. The first-order valence-electron chi connectivity index (χ1n) is 4.02. The van der Waals surface area contributed by atoms with Gasteiger partial charge in [-0.3, -0.25) is 5.10 Å². The maximum absolute atomic E-state index is 3.97. The molecule has 0 aromatic carbocycles. The van der Waals surface area contributed by atoms with Gasteiger partial charge in [-0.2, -0.15) is 5.10 Å². The summed E-state index contributed by atoms with van der Waals surface area (Å²) in [6, 6.07) is 0. The third kappa shape index (κ3) is 1.73.